The minimum atomic E-state index is -2.65. The lowest BCUT2D eigenvalue weighted by molar-refractivity contribution is -0.139. The third-order valence-electron chi connectivity index (χ3n) is 7.48. The van der Waals surface area contributed by atoms with Crippen LogP contribution >= 0.6 is 0 Å². The number of aryl methyl sites for hydroxylation is 2. The van der Waals surface area contributed by atoms with Gasteiger partial charge in [-0.2, -0.15) is 0 Å². The van der Waals surface area contributed by atoms with Crippen LogP contribution in [0.5, 0.6) is 0 Å². The number of aromatic nitrogens is 3. The summed E-state index contributed by atoms with van der Waals surface area (Å²) in [6.07, 6.45) is 6.27. The zero-order valence-corrected chi connectivity index (χ0v) is 23.1. The van der Waals surface area contributed by atoms with Gasteiger partial charge in [0, 0.05) is 49.9 Å². The average molecular weight is 553 g/mol. The lowest BCUT2D eigenvalue weighted by Crippen LogP contribution is -2.52. The number of aliphatic carboxylic acids is 1. The third kappa shape index (κ3) is 7.71. The van der Waals surface area contributed by atoms with Gasteiger partial charge in [0.15, 0.2) is 0 Å². The van der Waals surface area contributed by atoms with Crippen LogP contribution in [-0.4, -0.2) is 69.1 Å². The Morgan fingerprint density at radius 2 is 1.90 bits per heavy atom. The lowest BCUT2D eigenvalue weighted by Gasteiger charge is -2.43. The third-order valence-corrected chi connectivity index (χ3v) is 7.48. The first kappa shape index (κ1) is 29.3. The Hall–Kier alpha value is -3.66. The molecular weight excluding hydrogens is 514 g/mol. The molecule has 2 heterocycles. The van der Waals surface area contributed by atoms with Gasteiger partial charge in [-0.25, -0.2) is 28.5 Å². The number of unbranched alkanes of at least 4 members (excludes halogenated alkanes) is 1. The molecule has 0 saturated heterocycles. The van der Waals surface area contributed by atoms with Gasteiger partial charge in [-0.05, 0) is 55.8 Å². The van der Waals surface area contributed by atoms with E-state index in [-0.39, 0.29) is 25.3 Å². The van der Waals surface area contributed by atoms with Crippen LogP contribution < -0.4 is 10.6 Å². The van der Waals surface area contributed by atoms with Crippen molar-refractivity contribution in [3.63, 3.8) is 0 Å². The molecule has 1 aliphatic rings. The van der Waals surface area contributed by atoms with E-state index in [1.807, 2.05) is 48.3 Å². The van der Waals surface area contributed by atoms with Crippen molar-refractivity contribution in [2.45, 2.75) is 69.9 Å². The number of carboxylic acid groups (broad SMARTS) is 1. The Kier molecular flexibility index (Phi) is 9.98. The van der Waals surface area contributed by atoms with Crippen molar-refractivity contribution >= 4 is 17.6 Å². The molecule has 1 fully saturated rings. The number of nitrogens with one attached hydrogen (secondary N) is 2. The molecule has 1 aromatic carbocycles. The zero-order chi connectivity index (χ0) is 28.5. The van der Waals surface area contributed by atoms with Gasteiger partial charge in [-0.15, -0.1) is 0 Å². The van der Waals surface area contributed by atoms with Crippen LogP contribution in [0.15, 0.2) is 55.0 Å². The fourth-order valence-electron chi connectivity index (χ4n) is 5.15. The van der Waals surface area contributed by atoms with Gasteiger partial charge in [-0.3, -0.25) is 4.90 Å². The maximum Gasteiger partial charge on any atom is 0.326 e. The predicted octanol–water partition coefficient (Wildman–Crippen LogP) is 5.52. The average Bonchev–Trinajstić information content (AvgIpc) is 2.95. The molecule has 0 bridgehead atoms. The quantitative estimate of drug-likeness (QED) is 0.212. The number of alkyl halides is 2. The Morgan fingerprint density at radius 1 is 1.12 bits per heavy atom. The molecule has 0 aliphatic heterocycles. The smallest absolute Gasteiger partial charge is 0.326 e. The first-order chi connectivity index (χ1) is 19.3. The molecule has 10 heteroatoms. The van der Waals surface area contributed by atoms with E-state index < -0.39 is 17.9 Å². The fraction of sp³-hybridized carbons (Fsp3) is 0.467. The second kappa shape index (κ2) is 13.6. The molecule has 2 aromatic heterocycles. The van der Waals surface area contributed by atoms with Crippen molar-refractivity contribution in [2.24, 2.45) is 0 Å². The van der Waals surface area contributed by atoms with Crippen LogP contribution in [-0.2, 0) is 17.6 Å². The number of pyridine rings is 1. The first-order valence-electron chi connectivity index (χ1n) is 13.9. The standard InChI is InChI=1S/C30H38F2N6O2/c1-3-21-12-13-23(36-27(21)33-2)11-7-8-15-38(24-17-30(31,32)18-24)16-14-26(29(39)40)37-28-25(19-34-20-35-28)22-9-5-4-6-10-22/h4-6,9-10,12-13,19-20,24,26H,3,7-8,11,14-18H2,1-2H3,(H,33,36)(H,39,40)(H,34,35,37). The number of hydrogen-bond acceptors (Lipinski definition) is 7. The molecule has 8 nitrogen and oxygen atoms in total. The maximum absolute atomic E-state index is 13.8. The normalized spacial score (nSPS) is 15.4. The number of nitrogens with zero attached hydrogens (tertiary/aromatic N) is 4. The van der Waals surface area contributed by atoms with Gasteiger partial charge in [-0.1, -0.05) is 43.3 Å². The minimum Gasteiger partial charge on any atom is -0.480 e. The summed E-state index contributed by atoms with van der Waals surface area (Å²) in [6.45, 7) is 3.11. The van der Waals surface area contributed by atoms with Crippen LogP contribution in [0, 0.1) is 0 Å². The molecule has 0 radical (unpaired) electrons. The van der Waals surface area contributed by atoms with Gasteiger partial charge in [0.05, 0.1) is 0 Å². The number of carboxylic acids is 1. The van der Waals surface area contributed by atoms with E-state index >= 15 is 0 Å². The van der Waals surface area contributed by atoms with Gasteiger partial charge in [0.25, 0.3) is 5.92 Å². The summed E-state index contributed by atoms with van der Waals surface area (Å²) >= 11 is 0. The molecule has 1 atom stereocenters. The molecule has 3 aromatic rings. The molecule has 1 unspecified atom stereocenters. The number of rotatable bonds is 15. The summed E-state index contributed by atoms with van der Waals surface area (Å²) in [5.74, 6) is -2.34. The molecule has 40 heavy (non-hydrogen) atoms. The van der Waals surface area contributed by atoms with Crippen LogP contribution in [0.4, 0.5) is 20.4 Å². The van der Waals surface area contributed by atoms with Crippen LogP contribution in [0.3, 0.4) is 0 Å². The first-order valence-corrected chi connectivity index (χ1v) is 13.9. The van der Waals surface area contributed by atoms with E-state index in [9.17, 15) is 18.7 Å². The Bertz CT molecular complexity index is 1250. The zero-order valence-electron chi connectivity index (χ0n) is 23.1. The van der Waals surface area contributed by atoms with Crippen molar-refractivity contribution in [1.82, 2.24) is 19.9 Å². The molecule has 0 amide bonds. The molecule has 3 N–H and O–H groups in total. The van der Waals surface area contributed by atoms with E-state index in [0.717, 1.165) is 42.8 Å². The monoisotopic (exact) mass is 552 g/mol. The van der Waals surface area contributed by atoms with E-state index in [2.05, 4.69) is 33.6 Å². The summed E-state index contributed by atoms with van der Waals surface area (Å²) < 4.78 is 27.5. The van der Waals surface area contributed by atoms with E-state index in [4.69, 9.17) is 4.98 Å². The summed E-state index contributed by atoms with van der Waals surface area (Å²) in [5.41, 5.74) is 3.74. The fourth-order valence-corrected chi connectivity index (χ4v) is 5.15. The van der Waals surface area contributed by atoms with Gasteiger partial charge in [0.2, 0.25) is 0 Å². The largest absolute Gasteiger partial charge is 0.480 e. The summed E-state index contributed by atoms with van der Waals surface area (Å²) in [6, 6.07) is 12.5. The topological polar surface area (TPSA) is 103 Å². The predicted molar refractivity (Wildman–Crippen MR) is 153 cm³/mol. The molecule has 1 aliphatic carbocycles. The van der Waals surface area contributed by atoms with Crippen molar-refractivity contribution < 1.29 is 18.7 Å². The molecule has 4 rings (SSSR count). The van der Waals surface area contributed by atoms with Crippen LogP contribution in [0.2, 0.25) is 0 Å². The summed E-state index contributed by atoms with van der Waals surface area (Å²) in [4.78, 5) is 27.3. The summed E-state index contributed by atoms with van der Waals surface area (Å²) in [5, 5.41) is 16.2. The molecule has 214 valence electrons. The number of carbonyl (C=O) groups is 1. The number of hydrogen-bond donors (Lipinski definition) is 3. The van der Waals surface area contributed by atoms with Crippen LogP contribution in [0.1, 0.15) is 50.3 Å². The van der Waals surface area contributed by atoms with E-state index in [1.165, 1.54) is 11.9 Å². The molecular formula is C30H38F2N6O2. The maximum atomic E-state index is 13.8. The highest BCUT2D eigenvalue weighted by Gasteiger charge is 2.47. The van der Waals surface area contributed by atoms with Gasteiger partial charge < -0.3 is 15.7 Å². The Morgan fingerprint density at radius 3 is 2.58 bits per heavy atom. The van der Waals surface area contributed by atoms with Crippen molar-refractivity contribution in [3.05, 3.63) is 66.2 Å². The summed E-state index contributed by atoms with van der Waals surface area (Å²) in [7, 11) is 1.87. The van der Waals surface area contributed by atoms with Gasteiger partial charge in [0.1, 0.15) is 24.0 Å². The number of benzene rings is 1. The highest BCUT2D eigenvalue weighted by Crippen LogP contribution is 2.40. The Balaban J connectivity index is 1.37. The number of halogens is 2. The van der Waals surface area contributed by atoms with Crippen molar-refractivity contribution in [3.8, 4) is 11.1 Å². The molecule has 1 saturated carbocycles. The highest BCUT2D eigenvalue weighted by molar-refractivity contribution is 5.81. The Labute approximate surface area is 234 Å². The lowest BCUT2D eigenvalue weighted by atomic mass is 9.86. The highest BCUT2D eigenvalue weighted by atomic mass is 19.3. The van der Waals surface area contributed by atoms with E-state index in [0.29, 0.717) is 24.5 Å². The van der Waals surface area contributed by atoms with Crippen LogP contribution in [0.25, 0.3) is 11.1 Å². The van der Waals surface area contributed by atoms with E-state index in [1.54, 1.807) is 6.20 Å². The van der Waals surface area contributed by atoms with Gasteiger partial charge >= 0.3 is 5.97 Å². The van der Waals surface area contributed by atoms with Crippen molar-refractivity contribution in [1.29, 1.82) is 0 Å². The van der Waals surface area contributed by atoms with Crippen molar-refractivity contribution in [2.75, 3.05) is 30.8 Å². The SMILES string of the molecule is CCc1ccc(CCCCN(CCC(Nc2ncncc2-c2ccccc2)C(=O)O)C2CC(F)(F)C2)nc1NC. The molecule has 0 spiro atoms. The minimum absolute atomic E-state index is 0.187. The number of anilines is 2. The second-order valence-corrected chi connectivity index (χ2v) is 10.3. The second-order valence-electron chi connectivity index (χ2n) is 10.3.